The Hall–Kier alpha value is -1.99. The van der Waals surface area contributed by atoms with Gasteiger partial charge in [0.1, 0.15) is 0 Å². The van der Waals surface area contributed by atoms with Crippen LogP contribution in [0.25, 0.3) is 0 Å². The number of carbonyl (C=O) groups excluding carboxylic acids is 1. The summed E-state index contributed by atoms with van der Waals surface area (Å²) in [4.78, 5) is 10.6. The van der Waals surface area contributed by atoms with E-state index in [2.05, 4.69) is 0 Å². The van der Waals surface area contributed by atoms with E-state index in [9.17, 15) is 102 Å². The molecule has 44 heavy (non-hydrogen) atoms. The van der Waals surface area contributed by atoms with Crippen molar-refractivity contribution in [1.82, 2.24) is 4.31 Å². The summed E-state index contributed by atoms with van der Waals surface area (Å²) < 4.78 is 280. The Kier molecular flexibility index (Phi) is 11.1. The zero-order valence-corrected chi connectivity index (χ0v) is 22.5. The van der Waals surface area contributed by atoms with Gasteiger partial charge in [0.05, 0.1) is 27.7 Å². The second-order valence-electron chi connectivity index (χ2n) is 9.93. The van der Waals surface area contributed by atoms with Crippen LogP contribution in [0.4, 0.5) is 83.4 Å². The molecule has 0 saturated heterocycles. The van der Waals surface area contributed by atoms with Crippen molar-refractivity contribution in [3.8, 4) is 0 Å². The fraction of sp³-hybridized carbons (Fsp3) is 0.944. The number of carbonyl (C=O) groups is 1. The number of hydrogen-bond donors (Lipinski definition) is 0. The van der Waals surface area contributed by atoms with Gasteiger partial charge in [0.15, 0.2) is 0 Å². The maximum atomic E-state index is 14.5. The summed E-state index contributed by atoms with van der Waals surface area (Å²) in [5, 5.41) is 2.73. The quantitative estimate of drug-likeness (QED) is 0.175. The predicted molar refractivity (Wildman–Crippen MR) is 103 cm³/mol. The lowest BCUT2D eigenvalue weighted by atomic mass is 9.89. The second kappa shape index (κ2) is 11.7. The van der Waals surface area contributed by atoms with Crippen molar-refractivity contribution in [2.24, 2.45) is 0 Å². The Balaban J connectivity index is 7.15. The molecule has 0 aromatic rings. The molecule has 264 valence electrons. The monoisotopic (exact) mass is 720 g/mol. The first-order valence-electron chi connectivity index (χ1n) is 10.9. The van der Waals surface area contributed by atoms with E-state index in [0.717, 1.165) is 0 Å². The van der Waals surface area contributed by atoms with Crippen LogP contribution in [0.1, 0.15) is 12.8 Å². The molecule has 0 aromatic heterocycles. The zero-order valence-electron chi connectivity index (χ0n) is 21.7. The van der Waals surface area contributed by atoms with E-state index in [4.69, 9.17) is 0 Å². The Labute approximate surface area is 234 Å². The zero-order chi connectivity index (χ0) is 36.2. The van der Waals surface area contributed by atoms with E-state index in [1.165, 1.54) is 21.1 Å². The van der Waals surface area contributed by atoms with E-state index >= 15 is 0 Å². The highest BCUT2D eigenvalue weighted by molar-refractivity contribution is 7.90. The molecule has 0 bridgehead atoms. The highest BCUT2D eigenvalue weighted by atomic mass is 32.2. The topological polar surface area (TPSA) is 77.5 Å². The van der Waals surface area contributed by atoms with E-state index < -0.39 is 99.1 Å². The smallest absolute Gasteiger partial charge is 0.460 e. The van der Waals surface area contributed by atoms with Crippen LogP contribution in [0.2, 0.25) is 0 Å². The summed E-state index contributed by atoms with van der Waals surface area (Å²) in [7, 11) is -3.69. The van der Waals surface area contributed by atoms with Crippen molar-refractivity contribution >= 4 is 16.0 Å². The molecule has 0 spiro atoms. The largest absolute Gasteiger partial charge is 0.550 e. The van der Waals surface area contributed by atoms with Gasteiger partial charge in [-0.25, -0.2) is 8.42 Å². The highest BCUT2D eigenvalue weighted by Crippen LogP contribution is 2.65. The third kappa shape index (κ3) is 6.47. The summed E-state index contributed by atoms with van der Waals surface area (Å²) in [5.74, 6) is -64.8. The lowest BCUT2D eigenvalue weighted by Crippen LogP contribution is -2.76. The lowest BCUT2D eigenvalue weighted by molar-refractivity contribution is -0.870. The van der Waals surface area contributed by atoms with E-state index in [1.807, 2.05) is 0 Å². The van der Waals surface area contributed by atoms with Gasteiger partial charge >= 0.3 is 52.9 Å². The third-order valence-corrected chi connectivity index (χ3v) is 7.50. The number of nitrogens with zero attached hydrogens (tertiary/aromatic N) is 2. The van der Waals surface area contributed by atoms with Crippen molar-refractivity contribution in [3.05, 3.63) is 0 Å². The molecule has 0 aromatic carbocycles. The van der Waals surface area contributed by atoms with E-state index in [1.54, 1.807) is 0 Å². The molecular weight excluding hydrogens is 701 g/mol. The number of alkyl halides is 19. The number of halogens is 19. The number of rotatable bonds is 16. The number of hydrogen-bond acceptors (Lipinski definition) is 4. The number of quaternary nitrogens is 1. The number of carboxylic acids is 1. The predicted octanol–water partition coefficient (Wildman–Crippen LogP) is 4.46. The highest BCUT2D eigenvalue weighted by Gasteiger charge is 2.97. The molecule has 0 aliphatic heterocycles. The summed E-state index contributed by atoms with van der Waals surface area (Å²) in [6.07, 6.45) is -10.5. The van der Waals surface area contributed by atoms with Crippen LogP contribution in [0, 0.1) is 0 Å². The molecule has 0 atom stereocenters. The average molecular weight is 720 g/mol. The van der Waals surface area contributed by atoms with Gasteiger partial charge in [0.25, 0.3) is 10.0 Å². The minimum absolute atomic E-state index is 0.188. The van der Waals surface area contributed by atoms with Crippen molar-refractivity contribution in [3.63, 3.8) is 0 Å². The number of aliphatic carboxylic acids is 1. The molecule has 0 heterocycles. The summed E-state index contributed by atoms with van der Waals surface area (Å²) in [6, 6.07) is 0. The third-order valence-electron chi connectivity index (χ3n) is 5.55. The maximum Gasteiger partial charge on any atom is 0.460 e. The van der Waals surface area contributed by atoms with Gasteiger partial charge < -0.3 is 14.4 Å². The van der Waals surface area contributed by atoms with Crippen LogP contribution < -0.4 is 5.11 Å². The van der Waals surface area contributed by atoms with Crippen molar-refractivity contribution < 1.29 is 106 Å². The van der Waals surface area contributed by atoms with E-state index in [-0.39, 0.29) is 11.0 Å². The lowest BCUT2D eigenvalue weighted by Gasteiger charge is -2.44. The van der Waals surface area contributed by atoms with Crippen LogP contribution >= 0.6 is 0 Å². The molecule has 26 heteroatoms. The molecular formula is C18H19F19N2O4S. The molecule has 0 unspecified atom stereocenters. The Morgan fingerprint density at radius 1 is 0.591 bits per heavy atom. The molecule has 0 radical (unpaired) electrons. The molecule has 0 saturated carbocycles. The van der Waals surface area contributed by atoms with Gasteiger partial charge in [-0.15, -0.1) is 0 Å². The molecule has 0 fully saturated rings. The standard InChI is InChI=1S/C18H19F19N2O4S/c1-39(2,3)8-4-6-38(7-5-9(40)41)44(42,43)18(36,37)16(31,32)14(27,28)12(23,24)10(19,20)11(21,22)13(25,26)15(29,30)17(33,34)35/h4-8H2,1-3H3. The molecule has 0 aliphatic carbocycles. The Morgan fingerprint density at radius 2 is 0.909 bits per heavy atom. The fourth-order valence-electron chi connectivity index (χ4n) is 2.96. The summed E-state index contributed by atoms with van der Waals surface area (Å²) in [6.45, 7) is -3.72. The van der Waals surface area contributed by atoms with Crippen molar-refractivity contribution in [1.29, 1.82) is 0 Å². The molecule has 0 aliphatic rings. The van der Waals surface area contributed by atoms with E-state index in [0.29, 0.717) is 0 Å². The first kappa shape index (κ1) is 42.0. The summed E-state index contributed by atoms with van der Waals surface area (Å²) >= 11 is 0. The van der Waals surface area contributed by atoms with Gasteiger partial charge in [0, 0.05) is 31.9 Å². The normalized spacial score (nSPS) is 16.1. The SMILES string of the molecule is C[N+](C)(C)CCCN(CCC(=O)[O-])S(=O)(=O)C(F)(F)C(F)(F)C(F)(F)C(F)(F)C(F)(F)C(F)(F)C(F)(F)C(F)(F)C(F)(F)F. The van der Waals surface area contributed by atoms with Gasteiger partial charge in [0.2, 0.25) is 0 Å². The average Bonchev–Trinajstić information content (AvgIpc) is 2.78. The molecule has 6 nitrogen and oxygen atoms in total. The molecule has 0 amide bonds. The van der Waals surface area contributed by atoms with Gasteiger partial charge in [-0.05, 0) is 0 Å². The minimum Gasteiger partial charge on any atom is -0.550 e. The number of sulfonamides is 1. The van der Waals surface area contributed by atoms with Gasteiger partial charge in [-0.2, -0.15) is 87.7 Å². The fourth-order valence-corrected chi connectivity index (χ4v) is 4.44. The maximum absolute atomic E-state index is 14.5. The van der Waals surface area contributed by atoms with Crippen molar-refractivity contribution in [2.75, 3.05) is 40.8 Å². The molecule has 0 N–H and O–H groups in total. The Bertz CT molecular complexity index is 1150. The van der Waals surface area contributed by atoms with Crippen LogP contribution in [0.15, 0.2) is 0 Å². The second-order valence-corrected chi connectivity index (χ2v) is 11.9. The van der Waals surface area contributed by atoms with Crippen LogP contribution in [0.5, 0.6) is 0 Å². The first-order valence-corrected chi connectivity index (χ1v) is 12.3. The number of carboxylic acid groups (broad SMARTS) is 1. The van der Waals surface area contributed by atoms with Gasteiger partial charge in [-0.3, -0.25) is 0 Å². The Morgan fingerprint density at radius 3 is 1.20 bits per heavy atom. The summed E-state index contributed by atoms with van der Waals surface area (Å²) in [5.41, 5.74) is 0. The van der Waals surface area contributed by atoms with Crippen LogP contribution in [-0.4, -0.2) is 117 Å². The van der Waals surface area contributed by atoms with Crippen LogP contribution in [-0.2, 0) is 14.8 Å². The van der Waals surface area contributed by atoms with Gasteiger partial charge in [-0.1, -0.05) is 0 Å². The first-order chi connectivity index (χ1) is 18.8. The molecule has 0 rings (SSSR count). The minimum atomic E-state index is -9.20. The van der Waals surface area contributed by atoms with Crippen molar-refractivity contribution in [2.45, 2.75) is 65.7 Å². The van der Waals surface area contributed by atoms with Crippen LogP contribution in [0.3, 0.4) is 0 Å².